The molecule has 0 aromatic rings. The molecule has 0 spiro atoms. The van der Waals surface area contributed by atoms with Gasteiger partial charge in [0.25, 0.3) is 0 Å². The minimum Gasteiger partial charge on any atom is -0.314 e. The van der Waals surface area contributed by atoms with Gasteiger partial charge in [-0.3, -0.25) is 4.90 Å². The molecule has 1 saturated carbocycles. The number of piperidine rings is 1. The summed E-state index contributed by atoms with van der Waals surface area (Å²) in [5.41, 5.74) is 0. The van der Waals surface area contributed by atoms with Crippen LogP contribution in [0.25, 0.3) is 0 Å². The maximum absolute atomic E-state index is 3.69. The van der Waals surface area contributed by atoms with Crippen molar-refractivity contribution >= 4 is 0 Å². The normalized spacial score (nSPS) is 42.0. The number of rotatable bonds is 5. The molecular formula is C18H34N2. The molecule has 1 N–H and O–H groups in total. The van der Waals surface area contributed by atoms with E-state index < -0.39 is 0 Å². The molecule has 0 radical (unpaired) electrons. The molecule has 4 unspecified atom stereocenters. The van der Waals surface area contributed by atoms with Crippen molar-refractivity contribution in [3.8, 4) is 0 Å². The second-order valence-electron chi connectivity index (χ2n) is 7.78. The molecule has 20 heavy (non-hydrogen) atoms. The van der Waals surface area contributed by atoms with E-state index in [0.29, 0.717) is 0 Å². The summed E-state index contributed by atoms with van der Waals surface area (Å²) >= 11 is 0. The summed E-state index contributed by atoms with van der Waals surface area (Å²) in [6, 6.07) is 2.61. The van der Waals surface area contributed by atoms with E-state index in [2.05, 4.69) is 24.1 Å². The highest BCUT2D eigenvalue weighted by Crippen LogP contribution is 2.37. The number of hydrogen-bond donors (Lipinski definition) is 1. The summed E-state index contributed by atoms with van der Waals surface area (Å²) in [5.74, 6) is 2.02. The fourth-order valence-corrected chi connectivity index (χ4v) is 5.25. The largest absolute Gasteiger partial charge is 0.314 e. The second-order valence-corrected chi connectivity index (χ2v) is 7.78. The molecule has 3 fully saturated rings. The second kappa shape index (κ2) is 6.79. The summed E-state index contributed by atoms with van der Waals surface area (Å²) in [4.78, 5) is 2.90. The quantitative estimate of drug-likeness (QED) is 0.822. The monoisotopic (exact) mass is 278 g/mol. The van der Waals surface area contributed by atoms with Gasteiger partial charge in [0.1, 0.15) is 0 Å². The average molecular weight is 278 g/mol. The van der Waals surface area contributed by atoms with Crippen LogP contribution in [0.15, 0.2) is 0 Å². The van der Waals surface area contributed by atoms with Gasteiger partial charge in [0.15, 0.2) is 0 Å². The van der Waals surface area contributed by atoms with E-state index in [9.17, 15) is 0 Å². The maximum Gasteiger partial charge on any atom is 0.0114 e. The number of fused-ring (bicyclic) bond motifs is 2. The minimum absolute atomic E-state index is 0.809. The van der Waals surface area contributed by atoms with Crippen molar-refractivity contribution in [1.29, 1.82) is 0 Å². The van der Waals surface area contributed by atoms with Crippen LogP contribution < -0.4 is 5.32 Å². The fourth-order valence-electron chi connectivity index (χ4n) is 5.25. The summed E-state index contributed by atoms with van der Waals surface area (Å²) < 4.78 is 0. The molecule has 0 amide bonds. The van der Waals surface area contributed by atoms with Crippen molar-refractivity contribution < 1.29 is 0 Å². The highest BCUT2D eigenvalue weighted by Gasteiger charge is 2.40. The average Bonchev–Trinajstić information content (AvgIpc) is 2.67. The van der Waals surface area contributed by atoms with Gasteiger partial charge in [0, 0.05) is 18.1 Å². The third-order valence-corrected chi connectivity index (χ3v) is 6.22. The van der Waals surface area contributed by atoms with E-state index in [-0.39, 0.29) is 0 Å². The lowest BCUT2D eigenvalue weighted by molar-refractivity contribution is 0.104. The van der Waals surface area contributed by atoms with Crippen LogP contribution in [-0.2, 0) is 0 Å². The van der Waals surface area contributed by atoms with Crippen molar-refractivity contribution in [2.45, 2.75) is 89.8 Å². The Hall–Kier alpha value is -0.0800. The van der Waals surface area contributed by atoms with Crippen molar-refractivity contribution in [3.63, 3.8) is 0 Å². The lowest BCUT2D eigenvalue weighted by atomic mass is 9.80. The van der Waals surface area contributed by atoms with Gasteiger partial charge in [0.2, 0.25) is 0 Å². The van der Waals surface area contributed by atoms with Gasteiger partial charge >= 0.3 is 0 Å². The van der Waals surface area contributed by atoms with Gasteiger partial charge in [-0.1, -0.05) is 33.1 Å². The first kappa shape index (κ1) is 14.8. The van der Waals surface area contributed by atoms with Gasteiger partial charge < -0.3 is 5.32 Å². The Morgan fingerprint density at radius 1 is 1.00 bits per heavy atom. The Morgan fingerprint density at radius 3 is 2.40 bits per heavy atom. The summed E-state index contributed by atoms with van der Waals surface area (Å²) in [6.07, 6.45) is 13.2. The lowest BCUT2D eigenvalue weighted by Gasteiger charge is -2.40. The Kier molecular flexibility index (Phi) is 5.04. The van der Waals surface area contributed by atoms with Gasteiger partial charge in [-0.15, -0.1) is 0 Å². The highest BCUT2D eigenvalue weighted by atomic mass is 15.2. The van der Waals surface area contributed by atoms with Crippen LogP contribution in [0.2, 0.25) is 0 Å². The van der Waals surface area contributed by atoms with Gasteiger partial charge in [-0.2, -0.15) is 0 Å². The van der Waals surface area contributed by atoms with Crippen LogP contribution in [0.4, 0.5) is 0 Å². The van der Waals surface area contributed by atoms with E-state index in [0.717, 1.165) is 36.5 Å². The lowest BCUT2D eigenvalue weighted by Crippen LogP contribution is -2.49. The third kappa shape index (κ3) is 3.39. The molecule has 116 valence electrons. The number of nitrogens with zero attached hydrogens (tertiary/aromatic N) is 1. The zero-order chi connectivity index (χ0) is 13.9. The molecule has 2 aliphatic heterocycles. The zero-order valence-corrected chi connectivity index (χ0v) is 13.6. The van der Waals surface area contributed by atoms with Crippen LogP contribution >= 0.6 is 0 Å². The number of nitrogens with one attached hydrogen (secondary N) is 1. The molecule has 2 saturated heterocycles. The first-order chi connectivity index (χ1) is 9.76. The zero-order valence-electron chi connectivity index (χ0n) is 13.6. The molecule has 2 heteroatoms. The first-order valence-corrected chi connectivity index (χ1v) is 9.25. The van der Waals surface area contributed by atoms with Crippen LogP contribution in [-0.4, -0.2) is 36.1 Å². The third-order valence-electron chi connectivity index (χ3n) is 6.22. The Balaban J connectivity index is 1.47. The molecule has 2 bridgehead atoms. The topological polar surface area (TPSA) is 15.3 Å². The molecule has 1 aliphatic carbocycles. The van der Waals surface area contributed by atoms with Crippen LogP contribution in [0, 0.1) is 11.8 Å². The molecule has 0 aromatic carbocycles. The Bertz CT molecular complexity index is 290. The van der Waals surface area contributed by atoms with Crippen molar-refractivity contribution in [1.82, 2.24) is 10.2 Å². The van der Waals surface area contributed by atoms with Gasteiger partial charge in [-0.25, -0.2) is 0 Å². The molecule has 0 aromatic heterocycles. The molecule has 2 nitrogen and oxygen atoms in total. The maximum atomic E-state index is 3.69. The van der Waals surface area contributed by atoms with Gasteiger partial charge in [-0.05, 0) is 63.5 Å². The Labute approximate surface area is 125 Å². The van der Waals surface area contributed by atoms with Crippen molar-refractivity contribution in [2.24, 2.45) is 11.8 Å². The first-order valence-electron chi connectivity index (χ1n) is 9.25. The molecular weight excluding hydrogens is 244 g/mol. The summed E-state index contributed by atoms with van der Waals surface area (Å²) in [5, 5.41) is 3.69. The minimum atomic E-state index is 0.809. The fraction of sp³-hybridized carbons (Fsp3) is 1.00. The van der Waals surface area contributed by atoms with Gasteiger partial charge in [0.05, 0.1) is 0 Å². The van der Waals surface area contributed by atoms with Crippen LogP contribution in [0.1, 0.15) is 71.6 Å². The van der Waals surface area contributed by atoms with E-state index in [4.69, 9.17) is 0 Å². The summed E-state index contributed by atoms with van der Waals surface area (Å²) in [7, 11) is 0. The molecule has 2 heterocycles. The van der Waals surface area contributed by atoms with Crippen LogP contribution in [0.5, 0.6) is 0 Å². The SMILES string of the molecule is CCNC1CC2CCC(C1)N2CCC1CCCC(C)C1. The van der Waals surface area contributed by atoms with Crippen molar-refractivity contribution in [3.05, 3.63) is 0 Å². The highest BCUT2D eigenvalue weighted by molar-refractivity contribution is 4.97. The molecule has 3 aliphatic rings. The van der Waals surface area contributed by atoms with E-state index in [1.165, 1.54) is 64.3 Å². The number of hydrogen-bond acceptors (Lipinski definition) is 2. The summed E-state index contributed by atoms with van der Waals surface area (Å²) in [6.45, 7) is 7.24. The van der Waals surface area contributed by atoms with E-state index >= 15 is 0 Å². The predicted molar refractivity (Wildman–Crippen MR) is 86.0 cm³/mol. The van der Waals surface area contributed by atoms with Crippen LogP contribution in [0.3, 0.4) is 0 Å². The standard InChI is InChI=1S/C18H34N2/c1-3-19-16-12-17-7-8-18(13-16)20(17)10-9-15-6-4-5-14(2)11-15/h14-19H,3-13H2,1-2H3. The Morgan fingerprint density at radius 2 is 1.75 bits per heavy atom. The molecule has 4 atom stereocenters. The smallest absolute Gasteiger partial charge is 0.0114 e. The van der Waals surface area contributed by atoms with Crippen molar-refractivity contribution in [2.75, 3.05) is 13.1 Å². The predicted octanol–water partition coefficient (Wildman–Crippen LogP) is 3.81. The van der Waals surface area contributed by atoms with E-state index in [1.807, 2.05) is 0 Å². The van der Waals surface area contributed by atoms with E-state index in [1.54, 1.807) is 0 Å². The molecule has 3 rings (SSSR count).